The lowest BCUT2D eigenvalue weighted by molar-refractivity contribution is -0.310. The van der Waals surface area contributed by atoms with E-state index in [1.165, 1.54) is 0 Å². The maximum atomic E-state index is 12.4. The molecule has 3 amide bonds. The van der Waals surface area contributed by atoms with E-state index in [9.17, 15) is 44.7 Å². The summed E-state index contributed by atoms with van der Waals surface area (Å²) < 4.78 is 11.3. The molecule has 0 bridgehead atoms. The molecule has 1 aromatic carbocycles. The van der Waals surface area contributed by atoms with Gasteiger partial charge in [0.25, 0.3) is 5.79 Å². The molecule has 1 aromatic rings. The van der Waals surface area contributed by atoms with Gasteiger partial charge >= 0.3 is 5.97 Å². The zero-order valence-electron chi connectivity index (χ0n) is 26.2. The molecule has 46 heavy (non-hydrogen) atoms. The molecule has 0 spiro atoms. The van der Waals surface area contributed by atoms with E-state index in [-0.39, 0.29) is 18.9 Å². The smallest absolute Gasteiger partial charge is 0.364 e. The van der Waals surface area contributed by atoms with Gasteiger partial charge in [-0.05, 0) is 37.0 Å². The number of ether oxygens (including phenoxy) is 2. The minimum atomic E-state index is -2.42. The highest BCUT2D eigenvalue weighted by Crippen LogP contribution is 2.34. The van der Waals surface area contributed by atoms with E-state index in [1.54, 1.807) is 24.3 Å². The number of carbonyl (C=O) groups excluding carboxylic acids is 3. The first-order valence-corrected chi connectivity index (χ1v) is 15.5. The quantitative estimate of drug-likeness (QED) is 0.0654. The summed E-state index contributed by atoms with van der Waals surface area (Å²) in [5.74, 6) is -2.97. The first-order valence-electron chi connectivity index (χ1n) is 15.5. The van der Waals surface area contributed by atoms with E-state index in [4.69, 9.17) is 15.9 Å². The Morgan fingerprint density at radius 3 is 2.37 bits per heavy atom. The number of carbonyl (C=O) groups is 4. The molecular formula is C32H47N3O11. The zero-order chi connectivity index (χ0) is 34.1. The predicted octanol–water partition coefficient (Wildman–Crippen LogP) is -0.660. The molecule has 256 valence electrons. The fraction of sp³-hybridized carbons (Fsp3) is 0.625. The van der Waals surface area contributed by atoms with Gasteiger partial charge in [-0.3, -0.25) is 14.4 Å². The topological polar surface area (TPSA) is 224 Å². The third-order valence-corrected chi connectivity index (χ3v) is 7.58. The van der Waals surface area contributed by atoms with Gasteiger partial charge in [-0.25, -0.2) is 4.79 Å². The van der Waals surface area contributed by atoms with Gasteiger partial charge in [-0.15, -0.1) is 6.42 Å². The number of carboxylic acids is 1. The van der Waals surface area contributed by atoms with Crippen molar-refractivity contribution in [3.05, 3.63) is 35.4 Å². The number of unbranched alkanes of at least 4 members (excludes halogenated alkanes) is 4. The van der Waals surface area contributed by atoms with E-state index in [1.807, 2.05) is 6.92 Å². The molecule has 0 unspecified atom stereocenters. The van der Waals surface area contributed by atoms with Gasteiger partial charge in [0.05, 0.1) is 31.3 Å². The van der Waals surface area contributed by atoms with Crippen molar-refractivity contribution in [2.75, 3.05) is 26.3 Å². The van der Waals surface area contributed by atoms with E-state index >= 15 is 0 Å². The fourth-order valence-electron chi connectivity index (χ4n) is 4.94. The molecule has 14 nitrogen and oxygen atoms in total. The number of rotatable bonds is 20. The molecule has 1 aliphatic heterocycles. The average Bonchev–Trinajstić information content (AvgIpc) is 3.04. The fourth-order valence-corrected chi connectivity index (χ4v) is 4.94. The number of terminal acetylenes is 1. The Kier molecular flexibility index (Phi) is 16.6. The van der Waals surface area contributed by atoms with E-state index in [2.05, 4.69) is 21.9 Å². The second kappa shape index (κ2) is 19.8. The van der Waals surface area contributed by atoms with Crippen molar-refractivity contribution < 1.29 is 54.2 Å². The van der Waals surface area contributed by atoms with Gasteiger partial charge < -0.3 is 51.0 Å². The first-order chi connectivity index (χ1) is 22.0. The van der Waals surface area contributed by atoms with Crippen LogP contribution in [0.25, 0.3) is 0 Å². The van der Waals surface area contributed by atoms with Gasteiger partial charge in [0.2, 0.25) is 17.7 Å². The van der Waals surface area contributed by atoms with Crippen LogP contribution in [0.3, 0.4) is 0 Å². The van der Waals surface area contributed by atoms with Gasteiger partial charge in [0.1, 0.15) is 18.8 Å². The molecule has 0 radical (unpaired) electrons. The number of benzene rings is 1. The molecule has 1 saturated heterocycles. The normalized spacial score (nSPS) is 22.2. The Labute approximate surface area is 268 Å². The number of aliphatic hydroxyl groups is 4. The van der Waals surface area contributed by atoms with Crippen LogP contribution in [0.4, 0.5) is 0 Å². The Balaban J connectivity index is 2.00. The number of aliphatic hydroxyl groups excluding tert-OH is 4. The van der Waals surface area contributed by atoms with Crippen LogP contribution in [-0.2, 0) is 35.1 Å². The zero-order valence-corrected chi connectivity index (χ0v) is 26.2. The molecule has 1 aliphatic rings. The van der Waals surface area contributed by atoms with Crippen molar-refractivity contribution in [2.24, 2.45) is 0 Å². The molecular weight excluding hydrogens is 602 g/mol. The number of amides is 3. The third kappa shape index (κ3) is 12.3. The minimum absolute atomic E-state index is 0.00571. The van der Waals surface area contributed by atoms with Gasteiger partial charge in [-0.1, -0.05) is 44.2 Å². The van der Waals surface area contributed by atoms with Crippen LogP contribution in [-0.4, -0.2) is 112 Å². The molecule has 6 atom stereocenters. The van der Waals surface area contributed by atoms with Gasteiger partial charge in [0.15, 0.2) is 0 Å². The average molecular weight is 650 g/mol. The van der Waals surface area contributed by atoms with Crippen LogP contribution < -0.4 is 16.0 Å². The number of nitrogens with one attached hydrogen (secondary N) is 3. The van der Waals surface area contributed by atoms with Crippen LogP contribution in [0.5, 0.6) is 0 Å². The maximum absolute atomic E-state index is 12.4. The Hall–Kier alpha value is -3.58. The summed E-state index contributed by atoms with van der Waals surface area (Å²) in [7, 11) is 0. The van der Waals surface area contributed by atoms with Crippen LogP contribution in [0, 0.1) is 12.3 Å². The van der Waals surface area contributed by atoms with Crippen molar-refractivity contribution in [1.29, 1.82) is 0 Å². The van der Waals surface area contributed by atoms with E-state index in [0.29, 0.717) is 36.9 Å². The third-order valence-electron chi connectivity index (χ3n) is 7.58. The lowest BCUT2D eigenvalue weighted by Gasteiger charge is -2.46. The Morgan fingerprint density at radius 2 is 1.74 bits per heavy atom. The molecule has 1 fully saturated rings. The molecule has 1 heterocycles. The summed E-state index contributed by atoms with van der Waals surface area (Å²) in [6.45, 7) is 1.02. The van der Waals surface area contributed by atoms with Crippen molar-refractivity contribution in [2.45, 2.75) is 101 Å². The summed E-state index contributed by atoms with van der Waals surface area (Å²) in [6.07, 6.45) is 2.49. The maximum Gasteiger partial charge on any atom is 0.364 e. The van der Waals surface area contributed by atoms with Gasteiger partial charge in [0, 0.05) is 31.5 Å². The number of hydrogen-bond donors (Lipinski definition) is 8. The van der Waals surface area contributed by atoms with Crippen LogP contribution >= 0.6 is 0 Å². The largest absolute Gasteiger partial charge is 0.477 e. The van der Waals surface area contributed by atoms with Crippen LogP contribution in [0.15, 0.2) is 24.3 Å². The summed E-state index contributed by atoms with van der Waals surface area (Å²) in [6, 6.07) is 5.25. The Bertz CT molecular complexity index is 1170. The standard InChI is InChI=1S/C32H47N3O11/c1-3-5-10-25(39)33-15-8-6-7-9-16-45-32(31(43)44)18-23(37)28(35-27(41)20-36)30(46-32)29(42)24(38)19-34-26(40)17-22-13-11-21(4-2)12-14-22/h2,11-14,23-24,28-30,36-38,42H,3,5-10,15-20H2,1H3,(H,33,39)(H,34,40)(H,35,41)(H,43,44)/t23-,24+,28+,29+,30+,32+/m0/s1. The van der Waals surface area contributed by atoms with Crippen molar-refractivity contribution in [3.63, 3.8) is 0 Å². The Morgan fingerprint density at radius 1 is 1.04 bits per heavy atom. The summed E-state index contributed by atoms with van der Waals surface area (Å²) in [5.41, 5.74) is 1.29. The monoisotopic (exact) mass is 649 g/mol. The lowest BCUT2D eigenvalue weighted by Crippen LogP contribution is -2.68. The SMILES string of the molecule is C#Cc1ccc(CC(=O)NC[C@@H](O)[C@@H](O)[C@@H]2O[C@@](OCCCCCCNC(=O)CCCC)(C(=O)O)C[C@H](O)[C@H]2NC(=O)CO)cc1. The van der Waals surface area contributed by atoms with E-state index in [0.717, 1.165) is 25.7 Å². The van der Waals surface area contributed by atoms with Crippen molar-refractivity contribution >= 4 is 23.7 Å². The molecule has 2 rings (SSSR count). The summed E-state index contributed by atoms with van der Waals surface area (Å²) in [4.78, 5) is 48.5. The van der Waals surface area contributed by atoms with E-state index < -0.39 is 73.6 Å². The number of carboxylic acid groups (broad SMARTS) is 1. The molecule has 8 N–H and O–H groups in total. The molecule has 0 aliphatic carbocycles. The number of aliphatic carboxylic acids is 1. The van der Waals surface area contributed by atoms with Crippen LogP contribution in [0.1, 0.15) is 69.4 Å². The second-order valence-electron chi connectivity index (χ2n) is 11.3. The summed E-state index contributed by atoms with van der Waals surface area (Å²) in [5, 5.41) is 59.5. The van der Waals surface area contributed by atoms with Gasteiger partial charge in [-0.2, -0.15) is 0 Å². The minimum Gasteiger partial charge on any atom is -0.477 e. The summed E-state index contributed by atoms with van der Waals surface area (Å²) >= 11 is 0. The highest BCUT2D eigenvalue weighted by molar-refractivity contribution is 5.79. The van der Waals surface area contributed by atoms with Crippen molar-refractivity contribution in [1.82, 2.24) is 16.0 Å². The second-order valence-corrected chi connectivity index (χ2v) is 11.3. The molecule has 14 heteroatoms. The molecule has 0 aromatic heterocycles. The lowest BCUT2D eigenvalue weighted by atomic mass is 9.88. The first kappa shape index (κ1) is 38.6. The number of hydrogen-bond acceptors (Lipinski definition) is 10. The van der Waals surface area contributed by atoms with Crippen LogP contribution in [0.2, 0.25) is 0 Å². The van der Waals surface area contributed by atoms with Crippen molar-refractivity contribution in [3.8, 4) is 12.3 Å². The predicted molar refractivity (Wildman–Crippen MR) is 165 cm³/mol. The highest BCUT2D eigenvalue weighted by atomic mass is 16.7. The molecule has 0 saturated carbocycles. The highest BCUT2D eigenvalue weighted by Gasteiger charge is 2.55.